The smallest absolute Gasteiger partial charge is 0.358 e. The number of aliphatic hydroxyl groups is 2. The van der Waals surface area contributed by atoms with E-state index in [4.69, 9.17) is 10.2 Å². The zero-order chi connectivity index (χ0) is 15.6. The summed E-state index contributed by atoms with van der Waals surface area (Å²) in [6.07, 6.45) is -5.53. The Bertz CT molecular complexity index is 578. The standard InChI is InChI=1S/C11H11F3O5S/c12-11(13,14)10(16,17)7-20(18,19)6-9(15)8-4-2-1-3-5-8/h1-5,16-17H,6-7H2. The number of hydrogen-bond acceptors (Lipinski definition) is 5. The fourth-order valence-corrected chi connectivity index (χ4v) is 2.79. The average Bonchev–Trinajstić information content (AvgIpc) is 2.26. The van der Waals surface area contributed by atoms with Crippen molar-refractivity contribution in [2.24, 2.45) is 0 Å². The number of halogens is 3. The second-order valence-corrected chi connectivity index (χ2v) is 6.20. The third-order valence-corrected chi connectivity index (χ3v) is 3.87. The van der Waals surface area contributed by atoms with E-state index in [-0.39, 0.29) is 5.56 Å². The molecule has 20 heavy (non-hydrogen) atoms. The maximum absolute atomic E-state index is 12.2. The van der Waals surface area contributed by atoms with E-state index in [9.17, 15) is 26.4 Å². The molecule has 0 amide bonds. The molecule has 0 bridgehead atoms. The molecule has 0 radical (unpaired) electrons. The highest BCUT2D eigenvalue weighted by Crippen LogP contribution is 2.29. The lowest BCUT2D eigenvalue weighted by atomic mass is 10.2. The van der Waals surface area contributed by atoms with Crippen LogP contribution in [0.15, 0.2) is 30.3 Å². The summed E-state index contributed by atoms with van der Waals surface area (Å²) in [5, 5.41) is 17.4. The normalized spacial score (nSPS) is 13.2. The van der Waals surface area contributed by atoms with Gasteiger partial charge in [0.2, 0.25) is 0 Å². The fraction of sp³-hybridized carbons (Fsp3) is 0.364. The molecule has 0 aliphatic heterocycles. The van der Waals surface area contributed by atoms with E-state index in [2.05, 4.69) is 0 Å². The van der Waals surface area contributed by atoms with Gasteiger partial charge in [-0.3, -0.25) is 4.79 Å². The van der Waals surface area contributed by atoms with Gasteiger partial charge >= 0.3 is 6.18 Å². The second kappa shape index (κ2) is 5.51. The van der Waals surface area contributed by atoms with Crippen molar-refractivity contribution >= 4 is 15.6 Å². The number of benzene rings is 1. The van der Waals surface area contributed by atoms with Gasteiger partial charge in [-0.2, -0.15) is 13.2 Å². The molecule has 0 atom stereocenters. The van der Waals surface area contributed by atoms with Crippen LogP contribution in [0.25, 0.3) is 0 Å². The Balaban J connectivity index is 2.84. The summed E-state index contributed by atoms with van der Waals surface area (Å²) < 4.78 is 59.4. The van der Waals surface area contributed by atoms with Crippen LogP contribution in [0.5, 0.6) is 0 Å². The molecule has 0 spiro atoms. The monoisotopic (exact) mass is 312 g/mol. The van der Waals surface area contributed by atoms with Crippen LogP contribution < -0.4 is 0 Å². The van der Waals surface area contributed by atoms with Gasteiger partial charge in [-0.15, -0.1) is 0 Å². The van der Waals surface area contributed by atoms with Crippen molar-refractivity contribution in [2.75, 3.05) is 11.5 Å². The average molecular weight is 312 g/mol. The molecule has 0 saturated heterocycles. The van der Waals surface area contributed by atoms with E-state index in [0.29, 0.717) is 0 Å². The first-order valence-corrected chi connectivity index (χ1v) is 7.07. The number of carbonyl (C=O) groups excluding carboxylic acids is 1. The molecule has 0 fully saturated rings. The maximum Gasteiger partial charge on any atom is 0.443 e. The molecule has 0 saturated carbocycles. The zero-order valence-electron chi connectivity index (χ0n) is 9.96. The van der Waals surface area contributed by atoms with E-state index in [1.54, 1.807) is 6.07 Å². The van der Waals surface area contributed by atoms with Crippen molar-refractivity contribution in [1.29, 1.82) is 0 Å². The van der Waals surface area contributed by atoms with Gasteiger partial charge in [0.25, 0.3) is 5.79 Å². The molecule has 1 rings (SSSR count). The van der Waals surface area contributed by atoms with Crippen LogP contribution in [0.3, 0.4) is 0 Å². The minimum atomic E-state index is -5.53. The molecular formula is C11H11F3O5S. The topological polar surface area (TPSA) is 91.7 Å². The van der Waals surface area contributed by atoms with E-state index >= 15 is 0 Å². The summed E-state index contributed by atoms with van der Waals surface area (Å²) in [7, 11) is -4.64. The lowest BCUT2D eigenvalue weighted by molar-refractivity contribution is -0.337. The molecular weight excluding hydrogens is 301 g/mol. The lowest BCUT2D eigenvalue weighted by Gasteiger charge is -2.23. The van der Waals surface area contributed by atoms with Gasteiger partial charge in [0.1, 0.15) is 11.5 Å². The Kier molecular flexibility index (Phi) is 4.57. The van der Waals surface area contributed by atoms with Crippen molar-refractivity contribution < 1.29 is 36.6 Å². The summed E-state index contributed by atoms with van der Waals surface area (Å²) in [6.45, 7) is 0. The largest absolute Gasteiger partial charge is 0.443 e. The van der Waals surface area contributed by atoms with Gasteiger partial charge < -0.3 is 10.2 Å². The van der Waals surface area contributed by atoms with Crippen LogP contribution >= 0.6 is 0 Å². The number of carbonyl (C=O) groups is 1. The highest BCUT2D eigenvalue weighted by Gasteiger charge is 2.55. The number of hydrogen-bond donors (Lipinski definition) is 2. The first kappa shape index (κ1) is 16.6. The van der Waals surface area contributed by atoms with E-state index in [1.165, 1.54) is 24.3 Å². The predicted molar refractivity (Wildman–Crippen MR) is 62.6 cm³/mol. The van der Waals surface area contributed by atoms with Gasteiger partial charge in [0.05, 0.1) is 0 Å². The minimum absolute atomic E-state index is 0.00423. The van der Waals surface area contributed by atoms with Gasteiger partial charge in [0.15, 0.2) is 15.6 Å². The van der Waals surface area contributed by atoms with Crippen molar-refractivity contribution in [3.63, 3.8) is 0 Å². The second-order valence-electron chi connectivity index (χ2n) is 4.14. The van der Waals surface area contributed by atoms with Crippen molar-refractivity contribution in [3.8, 4) is 0 Å². The van der Waals surface area contributed by atoms with Gasteiger partial charge in [0, 0.05) is 5.56 Å². The number of rotatable bonds is 5. The van der Waals surface area contributed by atoms with Crippen LogP contribution in [-0.4, -0.2) is 47.9 Å². The molecule has 1 aromatic rings. The Hall–Kier alpha value is -1.45. The molecule has 2 N–H and O–H groups in total. The summed E-state index contributed by atoms with van der Waals surface area (Å²) in [4.78, 5) is 11.6. The van der Waals surface area contributed by atoms with Crippen LogP contribution in [0, 0.1) is 0 Å². The molecule has 5 nitrogen and oxygen atoms in total. The van der Waals surface area contributed by atoms with E-state index in [1.807, 2.05) is 0 Å². The third-order valence-electron chi connectivity index (χ3n) is 2.32. The van der Waals surface area contributed by atoms with Crippen LogP contribution in [0.1, 0.15) is 10.4 Å². The number of Topliss-reactive ketones (excluding diaryl/α,β-unsaturated/α-hetero) is 1. The molecule has 0 heterocycles. The third kappa shape index (κ3) is 4.29. The molecule has 9 heteroatoms. The SMILES string of the molecule is O=C(CS(=O)(=O)CC(O)(O)C(F)(F)F)c1ccccc1. The predicted octanol–water partition coefficient (Wildman–Crippen LogP) is 0.527. The fourth-order valence-electron chi connectivity index (χ4n) is 1.35. The maximum atomic E-state index is 12.2. The summed E-state index contributed by atoms with van der Waals surface area (Å²) in [5.41, 5.74) is 0.00423. The zero-order valence-corrected chi connectivity index (χ0v) is 10.8. The Labute approximate surface area is 112 Å². The van der Waals surface area contributed by atoms with Crippen molar-refractivity contribution in [2.45, 2.75) is 12.0 Å². The lowest BCUT2D eigenvalue weighted by Crippen LogP contribution is -2.51. The Morgan fingerprint density at radius 3 is 2.05 bits per heavy atom. The molecule has 1 aromatic carbocycles. The minimum Gasteiger partial charge on any atom is -0.358 e. The molecule has 112 valence electrons. The highest BCUT2D eigenvalue weighted by molar-refractivity contribution is 7.92. The number of sulfone groups is 1. The summed E-state index contributed by atoms with van der Waals surface area (Å²) in [6, 6.07) is 7.08. The van der Waals surface area contributed by atoms with E-state index < -0.39 is 39.1 Å². The summed E-state index contributed by atoms with van der Waals surface area (Å²) >= 11 is 0. The number of ketones is 1. The van der Waals surface area contributed by atoms with Gasteiger partial charge in [-0.05, 0) is 0 Å². The first-order valence-electron chi connectivity index (χ1n) is 5.25. The van der Waals surface area contributed by atoms with Gasteiger partial charge in [-0.1, -0.05) is 30.3 Å². The Morgan fingerprint density at radius 1 is 1.10 bits per heavy atom. The molecule has 0 aromatic heterocycles. The van der Waals surface area contributed by atoms with Crippen LogP contribution in [0.4, 0.5) is 13.2 Å². The van der Waals surface area contributed by atoms with Gasteiger partial charge in [-0.25, -0.2) is 8.42 Å². The van der Waals surface area contributed by atoms with Crippen LogP contribution in [-0.2, 0) is 9.84 Å². The summed E-state index contributed by atoms with van der Waals surface area (Å²) in [5.74, 6) is -8.55. The van der Waals surface area contributed by atoms with Crippen LogP contribution in [0.2, 0.25) is 0 Å². The quantitative estimate of drug-likeness (QED) is 0.611. The van der Waals surface area contributed by atoms with Crippen molar-refractivity contribution in [3.05, 3.63) is 35.9 Å². The highest BCUT2D eigenvalue weighted by atomic mass is 32.2. The molecule has 0 aliphatic carbocycles. The molecule has 0 unspecified atom stereocenters. The molecule has 0 aliphatic rings. The van der Waals surface area contributed by atoms with E-state index in [0.717, 1.165) is 0 Å². The Morgan fingerprint density at radius 2 is 1.60 bits per heavy atom. The van der Waals surface area contributed by atoms with Crippen molar-refractivity contribution in [1.82, 2.24) is 0 Å². The number of alkyl halides is 3. The first-order chi connectivity index (χ1) is 8.95.